The number of fused-ring (bicyclic) bond motifs is 1. The lowest BCUT2D eigenvalue weighted by Gasteiger charge is -2.12. The molecule has 0 N–H and O–H groups in total. The van der Waals surface area contributed by atoms with E-state index in [1.807, 2.05) is 30.3 Å². The van der Waals surface area contributed by atoms with Crippen LogP contribution in [0.15, 0.2) is 74.6 Å². The molecule has 4 heterocycles. The number of aromatic nitrogens is 5. The molecule has 31 heavy (non-hydrogen) atoms. The Labute approximate surface area is 172 Å². The molecule has 0 bridgehead atoms. The standard InChI is InChI=1S/C21H13F2N5O3/c22-17(23)20-27-26-19(31-20)13-6-7-14(24-10-13)11-28-18(12-4-2-1-3-5-12)25-15-8-9-30-16(15)21(28)29/h1-10,17H,11H2. The van der Waals surface area contributed by atoms with Gasteiger partial charge in [0.2, 0.25) is 11.5 Å². The second kappa shape index (κ2) is 7.56. The average Bonchev–Trinajstić information content (AvgIpc) is 3.47. The Morgan fingerprint density at radius 3 is 2.55 bits per heavy atom. The Bertz CT molecular complexity index is 1410. The zero-order valence-corrected chi connectivity index (χ0v) is 15.8. The van der Waals surface area contributed by atoms with Gasteiger partial charge in [-0.15, -0.1) is 10.2 Å². The number of furan rings is 1. The van der Waals surface area contributed by atoms with Crippen molar-refractivity contribution < 1.29 is 17.6 Å². The van der Waals surface area contributed by atoms with Crippen LogP contribution >= 0.6 is 0 Å². The predicted molar refractivity (Wildman–Crippen MR) is 105 cm³/mol. The molecule has 0 amide bonds. The van der Waals surface area contributed by atoms with Crippen LogP contribution in [-0.2, 0) is 6.54 Å². The number of hydrogen-bond donors (Lipinski definition) is 0. The average molecular weight is 421 g/mol. The maximum absolute atomic E-state index is 13.0. The minimum absolute atomic E-state index is 0.0600. The summed E-state index contributed by atoms with van der Waals surface area (Å²) < 4.78 is 37.0. The fourth-order valence-electron chi connectivity index (χ4n) is 3.14. The van der Waals surface area contributed by atoms with Gasteiger partial charge in [-0.1, -0.05) is 30.3 Å². The summed E-state index contributed by atoms with van der Waals surface area (Å²) in [6.45, 7) is 0.124. The number of rotatable bonds is 5. The molecule has 1 aromatic carbocycles. The number of nitrogens with zero attached hydrogens (tertiary/aromatic N) is 5. The van der Waals surface area contributed by atoms with Crippen LogP contribution < -0.4 is 5.56 Å². The van der Waals surface area contributed by atoms with Crippen LogP contribution in [0.3, 0.4) is 0 Å². The molecule has 0 fully saturated rings. The van der Waals surface area contributed by atoms with E-state index in [0.29, 0.717) is 22.6 Å². The van der Waals surface area contributed by atoms with Crippen molar-refractivity contribution in [3.63, 3.8) is 0 Å². The molecule has 4 aromatic heterocycles. The van der Waals surface area contributed by atoms with E-state index in [9.17, 15) is 13.6 Å². The van der Waals surface area contributed by atoms with E-state index in [0.717, 1.165) is 5.56 Å². The van der Waals surface area contributed by atoms with Crippen molar-refractivity contribution >= 4 is 11.1 Å². The van der Waals surface area contributed by atoms with Crippen LogP contribution in [0, 0.1) is 0 Å². The molecule has 0 spiro atoms. The van der Waals surface area contributed by atoms with Crippen LogP contribution in [0.5, 0.6) is 0 Å². The third kappa shape index (κ3) is 3.48. The van der Waals surface area contributed by atoms with E-state index in [1.54, 1.807) is 18.2 Å². The molecule has 0 aliphatic heterocycles. The third-order valence-electron chi connectivity index (χ3n) is 4.62. The van der Waals surface area contributed by atoms with E-state index in [-0.39, 0.29) is 23.6 Å². The van der Waals surface area contributed by atoms with Gasteiger partial charge in [0.05, 0.1) is 24.1 Å². The zero-order chi connectivity index (χ0) is 21.4. The second-order valence-corrected chi connectivity index (χ2v) is 6.61. The second-order valence-electron chi connectivity index (χ2n) is 6.61. The summed E-state index contributed by atoms with van der Waals surface area (Å²) in [6.07, 6.45) is -0.00577. The third-order valence-corrected chi connectivity index (χ3v) is 4.62. The molecule has 0 aliphatic carbocycles. The van der Waals surface area contributed by atoms with Gasteiger partial charge in [-0.2, -0.15) is 8.78 Å². The Balaban J connectivity index is 1.53. The van der Waals surface area contributed by atoms with Crippen LogP contribution in [-0.4, -0.2) is 24.7 Å². The Hall–Kier alpha value is -4.21. The van der Waals surface area contributed by atoms with Crippen molar-refractivity contribution in [1.29, 1.82) is 0 Å². The van der Waals surface area contributed by atoms with Gasteiger partial charge < -0.3 is 8.83 Å². The highest BCUT2D eigenvalue weighted by molar-refractivity contribution is 5.74. The van der Waals surface area contributed by atoms with Gasteiger partial charge in [0, 0.05) is 17.8 Å². The van der Waals surface area contributed by atoms with Crippen LogP contribution in [0.4, 0.5) is 8.78 Å². The van der Waals surface area contributed by atoms with Crippen molar-refractivity contribution in [3.05, 3.63) is 82.9 Å². The van der Waals surface area contributed by atoms with E-state index in [2.05, 4.69) is 20.2 Å². The summed E-state index contributed by atoms with van der Waals surface area (Å²) in [5.74, 6) is -0.338. The molecule has 0 aliphatic rings. The first-order valence-electron chi connectivity index (χ1n) is 9.20. The van der Waals surface area contributed by atoms with Gasteiger partial charge >= 0.3 is 6.43 Å². The Morgan fingerprint density at radius 2 is 1.84 bits per heavy atom. The van der Waals surface area contributed by atoms with Gasteiger partial charge in [-0.05, 0) is 12.1 Å². The fourth-order valence-corrected chi connectivity index (χ4v) is 3.14. The number of halogens is 2. The van der Waals surface area contributed by atoms with Crippen LogP contribution in [0.25, 0.3) is 33.9 Å². The number of benzene rings is 1. The molecule has 10 heteroatoms. The minimum atomic E-state index is -2.85. The first-order valence-corrected chi connectivity index (χ1v) is 9.20. The maximum atomic E-state index is 13.0. The van der Waals surface area contributed by atoms with Crippen molar-refractivity contribution in [3.8, 4) is 22.8 Å². The summed E-state index contributed by atoms with van der Waals surface area (Å²) in [5, 5.41) is 6.91. The largest absolute Gasteiger partial charge is 0.457 e. The van der Waals surface area contributed by atoms with E-state index < -0.39 is 12.3 Å². The molecule has 0 radical (unpaired) electrons. The molecular formula is C21H13F2N5O3. The van der Waals surface area contributed by atoms with Crippen LogP contribution in [0.2, 0.25) is 0 Å². The van der Waals surface area contributed by atoms with E-state index >= 15 is 0 Å². The summed E-state index contributed by atoms with van der Waals surface area (Å²) >= 11 is 0. The van der Waals surface area contributed by atoms with Crippen molar-refractivity contribution in [2.45, 2.75) is 13.0 Å². The normalized spacial score (nSPS) is 11.5. The maximum Gasteiger partial charge on any atom is 0.314 e. The topological polar surface area (TPSA) is 99.8 Å². The SMILES string of the molecule is O=c1c2occc2nc(-c2ccccc2)n1Cc1ccc(-c2nnc(C(F)F)o2)cn1. The summed E-state index contributed by atoms with van der Waals surface area (Å²) in [7, 11) is 0. The predicted octanol–water partition coefficient (Wildman–Crippen LogP) is 4.09. The minimum Gasteiger partial charge on any atom is -0.457 e. The summed E-state index contributed by atoms with van der Waals surface area (Å²) in [6, 6.07) is 14.2. The molecule has 0 unspecified atom stereocenters. The highest BCUT2D eigenvalue weighted by atomic mass is 19.3. The highest BCUT2D eigenvalue weighted by Gasteiger charge is 2.18. The monoisotopic (exact) mass is 421 g/mol. The molecular weight excluding hydrogens is 408 g/mol. The van der Waals surface area contributed by atoms with Crippen LogP contribution in [0.1, 0.15) is 18.0 Å². The number of pyridine rings is 1. The van der Waals surface area contributed by atoms with Gasteiger partial charge in [0.15, 0.2) is 0 Å². The van der Waals surface area contributed by atoms with Crippen molar-refractivity contribution in [2.75, 3.05) is 0 Å². The van der Waals surface area contributed by atoms with E-state index in [4.69, 9.17) is 8.83 Å². The van der Waals surface area contributed by atoms with E-state index in [1.165, 1.54) is 17.0 Å². The fraction of sp³-hybridized carbons (Fsp3) is 0.0952. The Morgan fingerprint density at radius 1 is 1.00 bits per heavy atom. The summed E-state index contributed by atoms with van der Waals surface area (Å²) in [4.78, 5) is 21.9. The summed E-state index contributed by atoms with van der Waals surface area (Å²) in [5.41, 5.74) is 1.99. The molecule has 0 saturated heterocycles. The molecule has 5 rings (SSSR count). The lowest BCUT2D eigenvalue weighted by molar-refractivity contribution is 0.116. The van der Waals surface area contributed by atoms with Crippen molar-refractivity contribution in [2.24, 2.45) is 0 Å². The smallest absolute Gasteiger partial charge is 0.314 e. The number of hydrogen-bond acceptors (Lipinski definition) is 7. The van der Waals surface area contributed by atoms with Crippen molar-refractivity contribution in [1.82, 2.24) is 24.7 Å². The molecule has 5 aromatic rings. The van der Waals surface area contributed by atoms with Gasteiger partial charge in [-0.25, -0.2) is 4.98 Å². The molecule has 0 saturated carbocycles. The first-order chi connectivity index (χ1) is 15.1. The lowest BCUT2D eigenvalue weighted by Crippen LogP contribution is -2.24. The first kappa shape index (κ1) is 18.8. The molecule has 0 atom stereocenters. The van der Waals surface area contributed by atoms with Gasteiger partial charge in [0.1, 0.15) is 11.3 Å². The number of alkyl halides is 2. The lowest BCUT2D eigenvalue weighted by atomic mass is 10.2. The molecule has 154 valence electrons. The quantitative estimate of drug-likeness (QED) is 0.421. The molecule has 8 nitrogen and oxygen atoms in total. The Kier molecular flexibility index (Phi) is 4.58. The zero-order valence-electron chi connectivity index (χ0n) is 15.8. The highest BCUT2D eigenvalue weighted by Crippen LogP contribution is 2.23. The van der Waals surface area contributed by atoms with Gasteiger partial charge in [0.25, 0.3) is 11.4 Å². The van der Waals surface area contributed by atoms with Gasteiger partial charge in [-0.3, -0.25) is 14.3 Å².